The molecule has 1 atom stereocenters. The Balaban J connectivity index is 1.65. The third-order valence-corrected chi connectivity index (χ3v) is 4.78. The van der Waals surface area contributed by atoms with Crippen LogP contribution in [-0.4, -0.2) is 47.3 Å². The van der Waals surface area contributed by atoms with E-state index < -0.39 is 5.60 Å². The highest BCUT2D eigenvalue weighted by Crippen LogP contribution is 2.26. The van der Waals surface area contributed by atoms with Crippen LogP contribution in [0.2, 0.25) is 5.15 Å². The Morgan fingerprint density at radius 3 is 2.59 bits per heavy atom. The first-order valence-electron chi connectivity index (χ1n) is 9.80. The summed E-state index contributed by atoms with van der Waals surface area (Å²) >= 11 is 6.24. The zero-order chi connectivity index (χ0) is 21.0. The predicted octanol–water partition coefficient (Wildman–Crippen LogP) is 4.76. The van der Waals surface area contributed by atoms with Crippen molar-refractivity contribution >= 4 is 23.5 Å². The number of halogens is 1. The summed E-state index contributed by atoms with van der Waals surface area (Å²) in [6.45, 7) is 9.94. The summed E-state index contributed by atoms with van der Waals surface area (Å²) in [6.07, 6.45) is -0.282. The number of carbonyl (C=O) groups is 1. The van der Waals surface area contributed by atoms with Crippen molar-refractivity contribution in [1.82, 2.24) is 9.88 Å². The number of rotatable bonds is 4. The molecule has 6 nitrogen and oxygen atoms in total. The van der Waals surface area contributed by atoms with Crippen LogP contribution in [0.25, 0.3) is 0 Å². The van der Waals surface area contributed by atoms with Gasteiger partial charge in [0.05, 0.1) is 0 Å². The fourth-order valence-corrected chi connectivity index (χ4v) is 3.40. The molecule has 2 aromatic rings. The Bertz CT molecular complexity index is 839. The van der Waals surface area contributed by atoms with E-state index in [2.05, 4.69) is 9.88 Å². The van der Waals surface area contributed by atoms with E-state index >= 15 is 0 Å². The van der Waals surface area contributed by atoms with Crippen LogP contribution in [-0.2, 0) is 11.3 Å². The average Bonchev–Trinajstić information content (AvgIpc) is 2.65. The normalized spacial score (nSPS) is 17.2. The summed E-state index contributed by atoms with van der Waals surface area (Å²) in [6, 6.07) is 13.6. The molecule has 156 valence electrons. The smallest absolute Gasteiger partial charge is 0.410 e. The van der Waals surface area contributed by atoms with E-state index in [1.54, 1.807) is 11.0 Å². The predicted molar refractivity (Wildman–Crippen MR) is 115 cm³/mol. The minimum Gasteiger partial charge on any atom is -0.489 e. The first-order valence-corrected chi connectivity index (χ1v) is 10.2. The van der Waals surface area contributed by atoms with Gasteiger partial charge in [0, 0.05) is 37.8 Å². The molecule has 0 aliphatic carbocycles. The number of piperazine rings is 1. The van der Waals surface area contributed by atoms with Gasteiger partial charge in [-0.15, -0.1) is 0 Å². The number of nitrogens with zero attached hydrogens (tertiary/aromatic N) is 3. The molecule has 1 saturated heterocycles. The molecular formula is C22H28ClN3O3. The molecule has 0 N–H and O–H groups in total. The largest absolute Gasteiger partial charge is 0.489 e. The van der Waals surface area contributed by atoms with Crippen molar-refractivity contribution in [2.24, 2.45) is 0 Å². The van der Waals surface area contributed by atoms with Crippen molar-refractivity contribution in [2.75, 3.05) is 24.5 Å². The molecule has 29 heavy (non-hydrogen) atoms. The van der Waals surface area contributed by atoms with Crippen molar-refractivity contribution in [3.05, 3.63) is 53.2 Å². The molecule has 1 aliphatic rings. The second-order valence-electron chi connectivity index (χ2n) is 8.23. The van der Waals surface area contributed by atoms with Gasteiger partial charge in [0.15, 0.2) is 0 Å². The minimum absolute atomic E-state index is 0.00642. The number of amides is 1. The summed E-state index contributed by atoms with van der Waals surface area (Å²) < 4.78 is 11.4. The van der Waals surface area contributed by atoms with Crippen molar-refractivity contribution < 1.29 is 14.3 Å². The molecule has 1 fully saturated rings. The molecular weight excluding hydrogens is 390 g/mol. The van der Waals surface area contributed by atoms with E-state index in [9.17, 15) is 4.79 Å². The van der Waals surface area contributed by atoms with Crippen molar-refractivity contribution in [3.63, 3.8) is 0 Å². The van der Waals surface area contributed by atoms with Gasteiger partial charge in [0.1, 0.15) is 28.9 Å². The summed E-state index contributed by atoms with van der Waals surface area (Å²) in [5, 5.41) is 0.382. The molecule has 3 rings (SSSR count). The van der Waals surface area contributed by atoms with Crippen LogP contribution in [0.15, 0.2) is 42.5 Å². The summed E-state index contributed by atoms with van der Waals surface area (Å²) in [5.41, 5.74) is 0.578. The molecule has 1 aromatic heterocycles. The number of ether oxygens (including phenoxy) is 2. The molecule has 2 heterocycles. The lowest BCUT2D eigenvalue weighted by Gasteiger charge is -2.40. The van der Waals surface area contributed by atoms with Crippen LogP contribution in [0.4, 0.5) is 10.6 Å². The van der Waals surface area contributed by atoms with Gasteiger partial charge < -0.3 is 19.3 Å². The summed E-state index contributed by atoms with van der Waals surface area (Å²) in [4.78, 5) is 20.8. The number of anilines is 1. The Morgan fingerprint density at radius 1 is 1.21 bits per heavy atom. The monoisotopic (exact) mass is 417 g/mol. The van der Waals surface area contributed by atoms with Crippen LogP contribution < -0.4 is 9.64 Å². The number of aromatic nitrogens is 1. The number of pyridine rings is 1. The fraction of sp³-hybridized carbons (Fsp3) is 0.455. The van der Waals surface area contributed by atoms with E-state index in [1.165, 1.54) is 0 Å². The maximum Gasteiger partial charge on any atom is 0.410 e. The zero-order valence-electron chi connectivity index (χ0n) is 17.4. The van der Waals surface area contributed by atoms with Gasteiger partial charge in [-0.05, 0) is 33.3 Å². The molecule has 0 saturated carbocycles. The van der Waals surface area contributed by atoms with Crippen LogP contribution in [0.3, 0.4) is 0 Å². The molecule has 0 spiro atoms. The lowest BCUT2D eigenvalue weighted by molar-refractivity contribution is 0.0158. The standard InChI is InChI=1S/C22H28ClN3O3/c1-16-14-25(10-11-26(16)21(27)29-22(2,3)4)20-13-18(12-19(23)24-20)28-15-17-8-6-5-7-9-17/h5-9,12-13,16H,10-11,14-15H2,1-4H3/t16-/m0/s1. The first-order chi connectivity index (χ1) is 13.7. The Labute approximate surface area is 177 Å². The number of benzene rings is 1. The fourth-order valence-electron chi connectivity index (χ4n) is 3.20. The lowest BCUT2D eigenvalue weighted by atomic mass is 10.2. The highest BCUT2D eigenvalue weighted by Gasteiger charge is 2.31. The van der Waals surface area contributed by atoms with Gasteiger partial charge in [0.25, 0.3) is 0 Å². The summed E-state index contributed by atoms with van der Waals surface area (Å²) in [5.74, 6) is 1.42. The van der Waals surface area contributed by atoms with Gasteiger partial charge in [-0.1, -0.05) is 41.9 Å². The van der Waals surface area contributed by atoms with Crippen molar-refractivity contribution in [1.29, 1.82) is 0 Å². The molecule has 1 amide bonds. The van der Waals surface area contributed by atoms with Gasteiger partial charge in [-0.3, -0.25) is 0 Å². The number of hydrogen-bond acceptors (Lipinski definition) is 5. The van der Waals surface area contributed by atoms with Crippen LogP contribution in [0.5, 0.6) is 5.75 Å². The molecule has 0 bridgehead atoms. The quantitative estimate of drug-likeness (QED) is 0.671. The molecule has 0 radical (unpaired) electrons. The van der Waals surface area contributed by atoms with Gasteiger partial charge in [-0.25, -0.2) is 9.78 Å². The highest BCUT2D eigenvalue weighted by atomic mass is 35.5. The molecule has 1 aliphatic heterocycles. The maximum absolute atomic E-state index is 12.4. The number of hydrogen-bond donors (Lipinski definition) is 0. The van der Waals surface area contributed by atoms with Crippen molar-refractivity contribution in [3.8, 4) is 5.75 Å². The van der Waals surface area contributed by atoms with Crippen molar-refractivity contribution in [2.45, 2.75) is 45.9 Å². The Morgan fingerprint density at radius 2 is 1.93 bits per heavy atom. The van der Waals surface area contributed by atoms with Crippen LogP contribution in [0.1, 0.15) is 33.3 Å². The molecule has 7 heteroatoms. The second-order valence-corrected chi connectivity index (χ2v) is 8.61. The first kappa shape index (κ1) is 21.2. The van der Waals surface area contributed by atoms with E-state index in [-0.39, 0.29) is 12.1 Å². The zero-order valence-corrected chi connectivity index (χ0v) is 18.1. The van der Waals surface area contributed by atoms with Crippen LogP contribution >= 0.6 is 11.6 Å². The van der Waals surface area contributed by atoms with E-state index in [0.29, 0.717) is 37.1 Å². The van der Waals surface area contributed by atoms with Gasteiger partial charge in [0.2, 0.25) is 0 Å². The molecule has 1 aromatic carbocycles. The molecule has 0 unspecified atom stereocenters. The second kappa shape index (κ2) is 8.91. The van der Waals surface area contributed by atoms with Gasteiger partial charge in [-0.2, -0.15) is 0 Å². The topological polar surface area (TPSA) is 54.9 Å². The van der Waals surface area contributed by atoms with Gasteiger partial charge >= 0.3 is 6.09 Å². The van der Waals surface area contributed by atoms with E-state index in [0.717, 1.165) is 11.4 Å². The lowest BCUT2D eigenvalue weighted by Crippen LogP contribution is -2.55. The Kier molecular flexibility index (Phi) is 6.52. The SMILES string of the molecule is C[C@H]1CN(c2cc(OCc3ccccc3)cc(Cl)n2)CCN1C(=O)OC(C)(C)C. The summed E-state index contributed by atoms with van der Waals surface area (Å²) in [7, 11) is 0. The highest BCUT2D eigenvalue weighted by molar-refractivity contribution is 6.29. The third-order valence-electron chi connectivity index (χ3n) is 4.58. The number of carbonyl (C=O) groups excluding carboxylic acids is 1. The van der Waals surface area contributed by atoms with E-state index in [4.69, 9.17) is 21.1 Å². The Hall–Kier alpha value is -2.47. The minimum atomic E-state index is -0.507. The third kappa shape index (κ3) is 6.00. The van der Waals surface area contributed by atoms with E-state index in [1.807, 2.05) is 64.1 Å². The van der Waals surface area contributed by atoms with Crippen LogP contribution in [0, 0.1) is 0 Å². The maximum atomic E-state index is 12.4. The average molecular weight is 418 g/mol.